The molecule has 0 amide bonds. The Hall–Kier alpha value is -2.54. The largest absolute Gasteiger partial charge is 0.414 e. The molecule has 0 aliphatic carbocycles. The predicted octanol–water partition coefficient (Wildman–Crippen LogP) is 3.02. The Kier molecular flexibility index (Phi) is 5.41. The van der Waals surface area contributed by atoms with E-state index < -0.39 is 28.2 Å². The van der Waals surface area contributed by atoms with Gasteiger partial charge in [-0.25, -0.2) is 17.8 Å². The van der Waals surface area contributed by atoms with E-state index in [4.69, 9.17) is 4.42 Å². The van der Waals surface area contributed by atoms with Crippen molar-refractivity contribution in [3.8, 4) is 10.8 Å². The molecule has 0 unspecified atom stereocenters. The molecule has 0 atom stereocenters. The summed E-state index contributed by atoms with van der Waals surface area (Å²) in [5.41, 5.74) is 0.0476. The van der Waals surface area contributed by atoms with Crippen molar-refractivity contribution in [3.05, 3.63) is 41.4 Å². The van der Waals surface area contributed by atoms with Crippen LogP contribution in [0, 0.1) is 5.82 Å². The summed E-state index contributed by atoms with van der Waals surface area (Å²) >= 11 is 0.992. The van der Waals surface area contributed by atoms with Gasteiger partial charge in [0.05, 0.1) is 36.6 Å². The van der Waals surface area contributed by atoms with Crippen LogP contribution in [-0.2, 0) is 16.6 Å². The lowest BCUT2D eigenvalue weighted by molar-refractivity contribution is 0.116. The highest BCUT2D eigenvalue weighted by atomic mass is 32.2. The molecule has 13 heteroatoms. The average molecular weight is 419 g/mol. The molecule has 0 saturated heterocycles. The van der Waals surface area contributed by atoms with E-state index in [2.05, 4.69) is 20.2 Å². The first-order chi connectivity index (χ1) is 12.8. The summed E-state index contributed by atoms with van der Waals surface area (Å²) in [4.78, 5) is 8.03. The van der Waals surface area contributed by atoms with Gasteiger partial charge >= 0.3 is 6.43 Å². The molecule has 3 aromatic rings. The maximum Gasteiger partial charge on any atom is 0.314 e. The van der Waals surface area contributed by atoms with E-state index in [9.17, 15) is 21.6 Å². The second-order valence-electron chi connectivity index (χ2n) is 5.13. The third-order valence-electron chi connectivity index (χ3n) is 3.35. The van der Waals surface area contributed by atoms with E-state index in [1.165, 1.54) is 19.3 Å². The van der Waals surface area contributed by atoms with Crippen LogP contribution in [0.25, 0.3) is 10.8 Å². The standard InChI is InChI=1S/C14H12F3N5O3S2/c1-2-27(23,24)22(9-3-8(15)4-18-5-9)7-11-19-6-10(26-11)13-20-21-14(25-13)12(16)17/h3-6,12H,2,7H2,1H3. The van der Waals surface area contributed by atoms with Crippen LogP contribution in [0.1, 0.15) is 24.2 Å². The van der Waals surface area contributed by atoms with Gasteiger partial charge in [0.25, 0.3) is 11.8 Å². The van der Waals surface area contributed by atoms with Crippen LogP contribution in [0.2, 0.25) is 0 Å². The van der Waals surface area contributed by atoms with Crippen molar-refractivity contribution in [1.29, 1.82) is 0 Å². The van der Waals surface area contributed by atoms with Crippen LogP contribution in [0.4, 0.5) is 18.9 Å². The molecule has 27 heavy (non-hydrogen) atoms. The SMILES string of the molecule is CCS(=O)(=O)N(Cc1ncc(-c2nnc(C(F)F)o2)s1)c1cncc(F)c1. The average Bonchev–Trinajstić information content (AvgIpc) is 3.28. The zero-order valence-electron chi connectivity index (χ0n) is 13.7. The molecule has 3 aromatic heterocycles. The summed E-state index contributed by atoms with van der Waals surface area (Å²) in [6, 6.07) is 1.04. The number of alkyl halides is 2. The zero-order valence-corrected chi connectivity index (χ0v) is 15.3. The third kappa shape index (κ3) is 4.24. The number of halogens is 3. The summed E-state index contributed by atoms with van der Waals surface area (Å²) in [6.07, 6.45) is 0.586. The van der Waals surface area contributed by atoms with Crippen LogP contribution >= 0.6 is 11.3 Å². The smallest absolute Gasteiger partial charge is 0.314 e. The number of sulfonamides is 1. The van der Waals surface area contributed by atoms with Crippen molar-refractivity contribution in [2.45, 2.75) is 19.9 Å². The van der Waals surface area contributed by atoms with Gasteiger partial charge in [0, 0.05) is 6.07 Å². The first kappa shape index (κ1) is 19.2. The maximum atomic E-state index is 13.5. The highest BCUT2D eigenvalue weighted by Gasteiger charge is 2.24. The van der Waals surface area contributed by atoms with Crippen molar-refractivity contribution >= 4 is 27.0 Å². The molecule has 0 aromatic carbocycles. The molecule has 0 aliphatic heterocycles. The lowest BCUT2D eigenvalue weighted by Gasteiger charge is -2.22. The number of thiazole rings is 1. The second kappa shape index (κ2) is 7.60. The predicted molar refractivity (Wildman–Crippen MR) is 90.2 cm³/mol. The topological polar surface area (TPSA) is 102 Å². The van der Waals surface area contributed by atoms with Gasteiger partial charge in [0.15, 0.2) is 0 Å². The van der Waals surface area contributed by atoms with Gasteiger partial charge in [-0.1, -0.05) is 0 Å². The van der Waals surface area contributed by atoms with E-state index in [0.717, 1.165) is 27.9 Å². The van der Waals surface area contributed by atoms with Gasteiger partial charge < -0.3 is 4.42 Å². The molecule has 144 valence electrons. The van der Waals surface area contributed by atoms with Crippen LogP contribution in [0.15, 0.2) is 29.1 Å². The van der Waals surface area contributed by atoms with Crippen molar-refractivity contribution in [1.82, 2.24) is 20.2 Å². The summed E-state index contributed by atoms with van der Waals surface area (Å²) < 4.78 is 69.2. The minimum Gasteiger partial charge on any atom is -0.414 e. The minimum atomic E-state index is -3.75. The van der Waals surface area contributed by atoms with Crippen LogP contribution in [0.3, 0.4) is 0 Å². The Morgan fingerprint density at radius 1 is 1.26 bits per heavy atom. The van der Waals surface area contributed by atoms with Gasteiger partial charge in [0.2, 0.25) is 10.0 Å². The van der Waals surface area contributed by atoms with E-state index in [-0.39, 0.29) is 23.9 Å². The molecular weight excluding hydrogens is 407 g/mol. The number of hydrogen-bond acceptors (Lipinski definition) is 8. The van der Waals surface area contributed by atoms with Crippen molar-refractivity contribution in [3.63, 3.8) is 0 Å². The fraction of sp³-hybridized carbons (Fsp3) is 0.286. The van der Waals surface area contributed by atoms with Crippen LogP contribution in [-0.4, -0.2) is 34.3 Å². The Morgan fingerprint density at radius 3 is 2.67 bits per heavy atom. The van der Waals surface area contributed by atoms with Crippen LogP contribution < -0.4 is 4.31 Å². The Balaban J connectivity index is 1.89. The van der Waals surface area contributed by atoms with E-state index in [1.807, 2.05) is 0 Å². The van der Waals surface area contributed by atoms with E-state index in [1.54, 1.807) is 0 Å². The monoisotopic (exact) mass is 419 g/mol. The van der Waals surface area contributed by atoms with Gasteiger partial charge in [-0.05, 0) is 6.92 Å². The number of aromatic nitrogens is 4. The van der Waals surface area contributed by atoms with Gasteiger partial charge in [-0.3, -0.25) is 9.29 Å². The van der Waals surface area contributed by atoms with Crippen molar-refractivity contribution in [2.75, 3.05) is 10.1 Å². The quantitative estimate of drug-likeness (QED) is 0.580. The minimum absolute atomic E-state index is 0.0476. The van der Waals surface area contributed by atoms with E-state index >= 15 is 0 Å². The summed E-state index contributed by atoms with van der Waals surface area (Å²) in [7, 11) is -3.75. The summed E-state index contributed by atoms with van der Waals surface area (Å²) in [5.74, 6) is -1.87. The molecule has 3 rings (SSSR count). The van der Waals surface area contributed by atoms with Gasteiger partial charge in [-0.2, -0.15) is 8.78 Å². The lowest BCUT2D eigenvalue weighted by Crippen LogP contribution is -2.32. The number of pyridine rings is 1. The molecule has 3 heterocycles. The molecular formula is C14H12F3N5O3S2. The number of anilines is 1. The third-order valence-corrected chi connectivity index (χ3v) is 6.06. The zero-order chi connectivity index (χ0) is 19.6. The second-order valence-corrected chi connectivity index (χ2v) is 8.43. The number of hydrogen-bond donors (Lipinski definition) is 0. The lowest BCUT2D eigenvalue weighted by atomic mass is 10.4. The maximum absolute atomic E-state index is 13.5. The Morgan fingerprint density at radius 2 is 2.04 bits per heavy atom. The fourth-order valence-corrected chi connectivity index (χ4v) is 4.03. The number of rotatable bonds is 7. The highest BCUT2D eigenvalue weighted by Crippen LogP contribution is 2.29. The molecule has 0 bridgehead atoms. The summed E-state index contributed by atoms with van der Waals surface area (Å²) in [6.45, 7) is 1.26. The number of nitrogens with zero attached hydrogens (tertiary/aromatic N) is 5. The molecule has 8 nitrogen and oxygen atoms in total. The Bertz CT molecular complexity index is 1040. The Labute approximate surface area is 155 Å². The molecule has 0 spiro atoms. The molecule has 0 N–H and O–H groups in total. The summed E-state index contributed by atoms with van der Waals surface area (Å²) in [5, 5.41) is 7.07. The molecule has 0 fully saturated rings. The molecule has 0 aliphatic rings. The van der Waals surface area contributed by atoms with E-state index in [0.29, 0.717) is 9.88 Å². The normalized spacial score (nSPS) is 11.9. The molecule has 0 saturated carbocycles. The fourth-order valence-electron chi connectivity index (χ4n) is 2.07. The van der Waals surface area contributed by atoms with Crippen LogP contribution in [0.5, 0.6) is 0 Å². The van der Waals surface area contributed by atoms with Crippen molar-refractivity contribution < 1.29 is 26.0 Å². The first-order valence-electron chi connectivity index (χ1n) is 7.47. The molecule has 0 radical (unpaired) electrons. The van der Waals surface area contributed by atoms with Gasteiger partial charge in [-0.15, -0.1) is 21.5 Å². The van der Waals surface area contributed by atoms with Crippen molar-refractivity contribution in [2.24, 2.45) is 0 Å². The first-order valence-corrected chi connectivity index (χ1v) is 9.90. The van der Waals surface area contributed by atoms with Gasteiger partial charge in [0.1, 0.15) is 15.7 Å². The highest BCUT2D eigenvalue weighted by molar-refractivity contribution is 7.92.